The molecule has 0 aromatic heterocycles. The molecule has 84 valence electrons. The zero-order valence-electron chi connectivity index (χ0n) is 10.1. The quantitative estimate of drug-likeness (QED) is 0.721. The highest BCUT2D eigenvalue weighted by Crippen LogP contribution is 2.62. The van der Waals surface area contributed by atoms with Crippen LogP contribution in [0.4, 0.5) is 0 Å². The summed E-state index contributed by atoms with van der Waals surface area (Å²) < 4.78 is 0. The van der Waals surface area contributed by atoms with Gasteiger partial charge >= 0.3 is 0 Å². The molecule has 2 heteroatoms. The van der Waals surface area contributed by atoms with Crippen LogP contribution in [-0.2, 0) is 0 Å². The van der Waals surface area contributed by atoms with Gasteiger partial charge in [-0.25, -0.2) is 0 Å². The van der Waals surface area contributed by atoms with E-state index in [9.17, 15) is 0 Å². The fourth-order valence-corrected chi connectivity index (χ4v) is 4.08. The van der Waals surface area contributed by atoms with Crippen LogP contribution in [0, 0.1) is 28.1 Å². The first kappa shape index (κ1) is 11.0. The summed E-state index contributed by atoms with van der Waals surface area (Å²) in [5.41, 5.74) is 0.909. The normalized spacial score (nSPS) is 41.7. The molecule has 0 radical (unpaired) electrons. The Bertz CT molecular complexity index is 285. The third-order valence-electron chi connectivity index (χ3n) is 4.86. The predicted molar refractivity (Wildman–Crippen MR) is 61.2 cm³/mol. The molecule has 1 unspecified atom stereocenters. The molecular weight excluding hydrogens is 184 g/mol. The first-order chi connectivity index (χ1) is 7.00. The monoisotopic (exact) mass is 206 g/mol. The van der Waals surface area contributed by atoms with Gasteiger partial charge in [0.15, 0.2) is 0 Å². The summed E-state index contributed by atoms with van der Waals surface area (Å²) in [6.45, 7) is 8.07. The smallest absolute Gasteiger partial charge is 0.0635 e. The predicted octanol–water partition coefficient (Wildman–Crippen LogP) is 2.70. The van der Waals surface area contributed by atoms with Gasteiger partial charge in [-0.3, -0.25) is 0 Å². The van der Waals surface area contributed by atoms with Gasteiger partial charge in [-0.15, -0.1) is 0 Å². The van der Waals surface area contributed by atoms with Crippen molar-refractivity contribution in [3.05, 3.63) is 0 Å². The molecule has 3 atom stereocenters. The summed E-state index contributed by atoms with van der Waals surface area (Å²) in [6, 6.07) is 2.82. The van der Waals surface area contributed by atoms with Crippen LogP contribution >= 0.6 is 0 Å². The minimum absolute atomic E-state index is 0.419. The second-order valence-corrected chi connectivity index (χ2v) is 6.21. The van der Waals surface area contributed by atoms with Crippen molar-refractivity contribution in [2.75, 3.05) is 6.54 Å². The highest BCUT2D eigenvalue weighted by molar-refractivity contribution is 5.12. The van der Waals surface area contributed by atoms with Crippen LogP contribution in [0.25, 0.3) is 0 Å². The van der Waals surface area contributed by atoms with Gasteiger partial charge < -0.3 is 5.32 Å². The van der Waals surface area contributed by atoms with Gasteiger partial charge in [-0.05, 0) is 36.0 Å². The fraction of sp³-hybridized carbons (Fsp3) is 0.923. The maximum atomic E-state index is 8.58. The van der Waals surface area contributed by atoms with Crippen molar-refractivity contribution in [1.29, 1.82) is 5.26 Å². The van der Waals surface area contributed by atoms with Gasteiger partial charge in [0.05, 0.1) is 6.07 Å². The molecule has 2 nitrogen and oxygen atoms in total. The molecule has 0 saturated heterocycles. The highest BCUT2D eigenvalue weighted by Gasteiger charge is 2.58. The Labute approximate surface area is 93.0 Å². The number of nitriles is 1. The molecule has 0 aliphatic heterocycles. The Hall–Kier alpha value is -0.550. The number of nitrogens with zero attached hydrogens (tertiary/aromatic N) is 1. The van der Waals surface area contributed by atoms with Crippen molar-refractivity contribution in [3.63, 3.8) is 0 Å². The van der Waals surface area contributed by atoms with E-state index in [4.69, 9.17) is 5.26 Å². The molecule has 0 amide bonds. The second-order valence-electron chi connectivity index (χ2n) is 6.21. The highest BCUT2D eigenvalue weighted by atomic mass is 15.0. The number of rotatable bonds is 3. The molecule has 2 fully saturated rings. The molecule has 15 heavy (non-hydrogen) atoms. The van der Waals surface area contributed by atoms with Gasteiger partial charge in [-0.1, -0.05) is 20.8 Å². The van der Waals surface area contributed by atoms with Crippen LogP contribution in [0.3, 0.4) is 0 Å². The van der Waals surface area contributed by atoms with Gasteiger partial charge in [0, 0.05) is 19.0 Å². The maximum Gasteiger partial charge on any atom is 0.0635 e. The van der Waals surface area contributed by atoms with Crippen molar-refractivity contribution >= 4 is 0 Å². The van der Waals surface area contributed by atoms with Crippen molar-refractivity contribution in [1.82, 2.24) is 5.32 Å². The molecule has 2 saturated carbocycles. The van der Waals surface area contributed by atoms with Crippen LogP contribution in [0.2, 0.25) is 0 Å². The van der Waals surface area contributed by atoms with Crippen LogP contribution in [0.5, 0.6) is 0 Å². The summed E-state index contributed by atoms with van der Waals surface area (Å²) in [5, 5.41) is 12.2. The lowest BCUT2D eigenvalue weighted by Gasteiger charge is -2.43. The molecule has 0 spiro atoms. The van der Waals surface area contributed by atoms with Crippen LogP contribution in [0.15, 0.2) is 0 Å². The molecule has 2 rings (SSSR count). The largest absolute Gasteiger partial charge is 0.312 e. The molecule has 1 N–H and O–H groups in total. The fourth-order valence-electron chi connectivity index (χ4n) is 4.08. The minimum Gasteiger partial charge on any atom is -0.312 e. The van der Waals surface area contributed by atoms with Crippen LogP contribution < -0.4 is 5.32 Å². The average molecular weight is 206 g/mol. The Kier molecular flexibility index (Phi) is 2.55. The Morgan fingerprint density at radius 1 is 1.40 bits per heavy atom. The number of fused-ring (bicyclic) bond motifs is 2. The molecule has 0 aromatic rings. The van der Waals surface area contributed by atoms with E-state index >= 15 is 0 Å². The minimum atomic E-state index is 0.419. The lowest BCUT2D eigenvalue weighted by Crippen LogP contribution is -2.50. The van der Waals surface area contributed by atoms with Gasteiger partial charge in [0.1, 0.15) is 0 Å². The van der Waals surface area contributed by atoms with E-state index in [1.54, 1.807) is 0 Å². The zero-order chi connectivity index (χ0) is 11.1. The Balaban J connectivity index is 2.06. The first-order valence-corrected chi connectivity index (χ1v) is 6.11. The van der Waals surface area contributed by atoms with E-state index in [1.807, 2.05) is 0 Å². The van der Waals surface area contributed by atoms with Gasteiger partial charge in [-0.2, -0.15) is 5.26 Å². The van der Waals surface area contributed by atoms with E-state index in [2.05, 4.69) is 32.2 Å². The number of hydrogen-bond acceptors (Lipinski definition) is 2. The third kappa shape index (κ3) is 1.58. The lowest BCUT2D eigenvalue weighted by molar-refractivity contribution is 0.110. The summed E-state index contributed by atoms with van der Waals surface area (Å²) in [6.07, 6.45) is 4.78. The van der Waals surface area contributed by atoms with E-state index in [0.717, 1.165) is 12.5 Å². The van der Waals surface area contributed by atoms with E-state index in [1.165, 1.54) is 19.3 Å². The standard InChI is InChI=1S/C13H22N2/c1-12(2)10-5-6-13(3,9-10)11(12)15-8-4-7-14/h10-11,15H,4-6,8-9H2,1-3H3/t10-,11?,13+/m0/s1. The number of hydrogen-bond donors (Lipinski definition) is 1. The van der Waals surface area contributed by atoms with Gasteiger partial charge in [0.2, 0.25) is 0 Å². The van der Waals surface area contributed by atoms with Crippen molar-refractivity contribution in [2.45, 2.75) is 52.5 Å². The van der Waals surface area contributed by atoms with Gasteiger partial charge in [0.25, 0.3) is 0 Å². The van der Waals surface area contributed by atoms with E-state index < -0.39 is 0 Å². The summed E-state index contributed by atoms with van der Waals surface area (Å²) in [7, 11) is 0. The first-order valence-electron chi connectivity index (χ1n) is 6.11. The molecular formula is C13H22N2. The molecule has 0 heterocycles. The SMILES string of the molecule is CC1(C)C(NCCC#N)[C@]2(C)CC[C@H]1C2. The Morgan fingerprint density at radius 3 is 2.67 bits per heavy atom. The van der Waals surface area contributed by atoms with Crippen molar-refractivity contribution in [3.8, 4) is 6.07 Å². The molecule has 0 aromatic carbocycles. The third-order valence-corrected chi connectivity index (χ3v) is 4.86. The summed E-state index contributed by atoms with van der Waals surface area (Å²) in [4.78, 5) is 0. The van der Waals surface area contributed by atoms with E-state index in [0.29, 0.717) is 23.3 Å². The van der Waals surface area contributed by atoms with E-state index in [-0.39, 0.29) is 0 Å². The molecule has 2 aliphatic carbocycles. The van der Waals surface area contributed by atoms with Crippen molar-refractivity contribution in [2.24, 2.45) is 16.7 Å². The zero-order valence-corrected chi connectivity index (χ0v) is 10.1. The average Bonchev–Trinajstić information content (AvgIpc) is 2.62. The molecule has 2 aliphatic rings. The maximum absolute atomic E-state index is 8.58. The second kappa shape index (κ2) is 3.49. The summed E-state index contributed by atoms with van der Waals surface area (Å²) >= 11 is 0. The van der Waals surface area contributed by atoms with Crippen molar-refractivity contribution < 1.29 is 0 Å². The van der Waals surface area contributed by atoms with Crippen LogP contribution in [-0.4, -0.2) is 12.6 Å². The number of nitrogens with one attached hydrogen (secondary N) is 1. The summed E-state index contributed by atoms with van der Waals surface area (Å²) in [5.74, 6) is 0.891. The topological polar surface area (TPSA) is 35.8 Å². The molecule has 2 bridgehead atoms. The lowest BCUT2D eigenvalue weighted by atomic mass is 9.68. The Morgan fingerprint density at radius 2 is 2.13 bits per heavy atom. The van der Waals surface area contributed by atoms with Crippen LogP contribution in [0.1, 0.15) is 46.5 Å².